The molecule has 3 rings (SSSR count). The molecule has 1 amide bonds. The highest BCUT2D eigenvalue weighted by molar-refractivity contribution is 9.10. The van der Waals surface area contributed by atoms with E-state index in [1.807, 2.05) is 55.5 Å². The molecule has 0 bridgehead atoms. The van der Waals surface area contributed by atoms with Gasteiger partial charge in [-0.05, 0) is 48.9 Å². The van der Waals surface area contributed by atoms with Crippen molar-refractivity contribution >= 4 is 38.9 Å². The van der Waals surface area contributed by atoms with Gasteiger partial charge in [-0.3, -0.25) is 9.78 Å². The van der Waals surface area contributed by atoms with Crippen molar-refractivity contribution in [3.63, 3.8) is 0 Å². The number of amides is 1. The largest absolute Gasteiger partial charge is 0.354 e. The Hall–Kier alpha value is -2.66. The van der Waals surface area contributed by atoms with E-state index in [2.05, 4.69) is 31.5 Å². The topological polar surface area (TPSA) is 54.0 Å². The van der Waals surface area contributed by atoms with Crippen molar-refractivity contribution in [3.05, 3.63) is 82.6 Å². The maximum Gasteiger partial charge on any atom is 0.257 e. The first-order valence-electron chi connectivity index (χ1n) is 7.46. The highest BCUT2D eigenvalue weighted by atomic mass is 79.9. The molecule has 0 unspecified atom stereocenters. The molecule has 2 aromatic carbocycles. The van der Waals surface area contributed by atoms with Gasteiger partial charge in [-0.2, -0.15) is 0 Å². The standard InChI is InChI=1S/C19H16BrN3O/c1-13-4-2-3-5-18(13)23-19(24)14-10-17(12-21-11-14)22-16-8-6-15(20)7-9-16/h2-12,22H,1H3,(H,23,24). The third-order valence-electron chi connectivity index (χ3n) is 3.53. The van der Waals surface area contributed by atoms with Gasteiger partial charge in [-0.1, -0.05) is 34.1 Å². The van der Waals surface area contributed by atoms with Crippen LogP contribution < -0.4 is 10.6 Å². The Morgan fingerprint density at radius 2 is 1.75 bits per heavy atom. The highest BCUT2D eigenvalue weighted by Crippen LogP contribution is 2.20. The number of benzene rings is 2. The minimum Gasteiger partial charge on any atom is -0.354 e. The first kappa shape index (κ1) is 16.2. The predicted molar refractivity (Wildman–Crippen MR) is 101 cm³/mol. The van der Waals surface area contributed by atoms with Crippen LogP contribution in [-0.4, -0.2) is 10.9 Å². The molecule has 5 heteroatoms. The molecule has 0 aliphatic heterocycles. The number of nitrogens with zero attached hydrogens (tertiary/aromatic N) is 1. The lowest BCUT2D eigenvalue weighted by Crippen LogP contribution is -2.13. The van der Waals surface area contributed by atoms with Gasteiger partial charge in [0.05, 0.1) is 17.4 Å². The number of aromatic nitrogens is 1. The second kappa shape index (κ2) is 7.27. The Morgan fingerprint density at radius 3 is 2.50 bits per heavy atom. The van der Waals surface area contributed by atoms with Gasteiger partial charge in [0.1, 0.15) is 0 Å². The molecule has 0 aliphatic carbocycles. The van der Waals surface area contributed by atoms with Crippen molar-refractivity contribution in [1.82, 2.24) is 4.98 Å². The van der Waals surface area contributed by atoms with Crippen LogP contribution in [0.5, 0.6) is 0 Å². The maximum absolute atomic E-state index is 12.4. The van der Waals surface area contributed by atoms with Crippen molar-refractivity contribution < 1.29 is 4.79 Å². The van der Waals surface area contributed by atoms with Crippen LogP contribution in [0.4, 0.5) is 17.1 Å². The summed E-state index contributed by atoms with van der Waals surface area (Å²) in [7, 11) is 0. The predicted octanol–water partition coefficient (Wildman–Crippen LogP) is 5.15. The van der Waals surface area contributed by atoms with Crippen LogP contribution in [0.15, 0.2) is 71.5 Å². The number of carbonyl (C=O) groups excluding carboxylic acids is 1. The third kappa shape index (κ3) is 4.00. The second-order valence-electron chi connectivity index (χ2n) is 5.36. The van der Waals surface area contributed by atoms with E-state index in [1.54, 1.807) is 18.5 Å². The molecule has 120 valence electrons. The third-order valence-corrected chi connectivity index (χ3v) is 4.06. The summed E-state index contributed by atoms with van der Waals surface area (Å²) in [5.41, 5.74) is 4.00. The number of hydrogen-bond acceptors (Lipinski definition) is 3. The van der Waals surface area contributed by atoms with Gasteiger partial charge >= 0.3 is 0 Å². The van der Waals surface area contributed by atoms with E-state index in [9.17, 15) is 4.79 Å². The summed E-state index contributed by atoms with van der Waals surface area (Å²) in [6.07, 6.45) is 3.24. The van der Waals surface area contributed by atoms with Gasteiger partial charge in [-0.15, -0.1) is 0 Å². The van der Waals surface area contributed by atoms with Crippen molar-refractivity contribution in [2.45, 2.75) is 6.92 Å². The van der Waals surface area contributed by atoms with Crippen LogP contribution >= 0.6 is 15.9 Å². The fourth-order valence-electron chi connectivity index (χ4n) is 2.24. The summed E-state index contributed by atoms with van der Waals surface area (Å²) in [5.74, 6) is -0.184. The molecule has 3 aromatic rings. The molecule has 4 nitrogen and oxygen atoms in total. The van der Waals surface area contributed by atoms with Crippen LogP contribution in [0.3, 0.4) is 0 Å². The number of halogens is 1. The smallest absolute Gasteiger partial charge is 0.257 e. The van der Waals surface area contributed by atoms with Crippen LogP contribution in [0.25, 0.3) is 0 Å². The van der Waals surface area contributed by atoms with E-state index in [0.29, 0.717) is 5.56 Å². The quantitative estimate of drug-likeness (QED) is 0.656. The Labute approximate surface area is 149 Å². The minimum atomic E-state index is -0.184. The van der Waals surface area contributed by atoms with Gasteiger partial charge in [0.15, 0.2) is 0 Å². The first-order chi connectivity index (χ1) is 11.6. The number of para-hydroxylation sites is 1. The molecule has 24 heavy (non-hydrogen) atoms. The van der Waals surface area contributed by atoms with Crippen molar-refractivity contribution in [3.8, 4) is 0 Å². The lowest BCUT2D eigenvalue weighted by atomic mass is 10.2. The first-order valence-corrected chi connectivity index (χ1v) is 8.26. The molecule has 0 fully saturated rings. The van der Waals surface area contributed by atoms with Crippen LogP contribution in [0, 0.1) is 6.92 Å². The molecule has 0 aliphatic rings. The fraction of sp³-hybridized carbons (Fsp3) is 0.0526. The Balaban J connectivity index is 1.76. The number of anilines is 3. The molecule has 1 aromatic heterocycles. The van der Waals surface area contributed by atoms with Gasteiger partial charge in [-0.25, -0.2) is 0 Å². The van der Waals surface area contributed by atoms with Crippen molar-refractivity contribution in [1.29, 1.82) is 0 Å². The molecule has 0 saturated carbocycles. The van der Waals surface area contributed by atoms with Crippen LogP contribution in [0.1, 0.15) is 15.9 Å². The zero-order chi connectivity index (χ0) is 16.9. The zero-order valence-electron chi connectivity index (χ0n) is 13.1. The van der Waals surface area contributed by atoms with E-state index in [-0.39, 0.29) is 5.91 Å². The van der Waals surface area contributed by atoms with Crippen LogP contribution in [0.2, 0.25) is 0 Å². The molecule has 0 saturated heterocycles. The average molecular weight is 382 g/mol. The molecule has 0 atom stereocenters. The van der Waals surface area contributed by atoms with Gasteiger partial charge < -0.3 is 10.6 Å². The Kier molecular flexibility index (Phi) is 4.91. The van der Waals surface area contributed by atoms with E-state index >= 15 is 0 Å². The summed E-state index contributed by atoms with van der Waals surface area (Å²) >= 11 is 3.41. The van der Waals surface area contributed by atoms with Crippen molar-refractivity contribution in [2.75, 3.05) is 10.6 Å². The average Bonchev–Trinajstić information content (AvgIpc) is 2.59. The van der Waals surface area contributed by atoms with Gasteiger partial charge in [0.2, 0.25) is 0 Å². The number of aryl methyl sites for hydroxylation is 1. The SMILES string of the molecule is Cc1ccccc1NC(=O)c1cncc(Nc2ccc(Br)cc2)c1. The summed E-state index contributed by atoms with van der Waals surface area (Å²) in [4.78, 5) is 16.6. The summed E-state index contributed by atoms with van der Waals surface area (Å²) in [5, 5.41) is 6.15. The molecule has 2 N–H and O–H groups in total. The maximum atomic E-state index is 12.4. The van der Waals surface area contributed by atoms with Gasteiger partial charge in [0, 0.05) is 22.0 Å². The molecule has 0 spiro atoms. The number of pyridine rings is 1. The van der Waals surface area contributed by atoms with E-state index in [1.165, 1.54) is 0 Å². The molecule has 1 heterocycles. The number of carbonyl (C=O) groups is 1. The molecule has 0 radical (unpaired) electrons. The zero-order valence-corrected chi connectivity index (χ0v) is 14.7. The van der Waals surface area contributed by atoms with E-state index in [0.717, 1.165) is 27.1 Å². The van der Waals surface area contributed by atoms with Crippen LogP contribution in [-0.2, 0) is 0 Å². The summed E-state index contributed by atoms with van der Waals surface area (Å²) in [6, 6.07) is 17.2. The Bertz CT molecular complexity index is 862. The number of rotatable bonds is 4. The normalized spacial score (nSPS) is 10.2. The Morgan fingerprint density at radius 1 is 1.00 bits per heavy atom. The number of hydrogen-bond donors (Lipinski definition) is 2. The highest BCUT2D eigenvalue weighted by Gasteiger charge is 2.09. The molecular weight excluding hydrogens is 366 g/mol. The van der Waals surface area contributed by atoms with E-state index < -0.39 is 0 Å². The van der Waals surface area contributed by atoms with Gasteiger partial charge in [0.25, 0.3) is 5.91 Å². The van der Waals surface area contributed by atoms with E-state index in [4.69, 9.17) is 0 Å². The molecular formula is C19H16BrN3O. The lowest BCUT2D eigenvalue weighted by molar-refractivity contribution is 0.102. The lowest BCUT2D eigenvalue weighted by Gasteiger charge is -2.10. The fourth-order valence-corrected chi connectivity index (χ4v) is 2.50. The van der Waals surface area contributed by atoms with Crippen molar-refractivity contribution in [2.24, 2.45) is 0 Å². The summed E-state index contributed by atoms with van der Waals surface area (Å²) < 4.78 is 1.01. The second-order valence-corrected chi connectivity index (χ2v) is 6.28. The monoisotopic (exact) mass is 381 g/mol. The number of nitrogens with one attached hydrogen (secondary N) is 2. The minimum absolute atomic E-state index is 0.184. The summed E-state index contributed by atoms with van der Waals surface area (Å²) in [6.45, 7) is 1.96.